The Hall–Kier alpha value is -0.820. The molecule has 0 aliphatic carbocycles. The molecule has 0 unspecified atom stereocenters. The molecular formula is C19H12Br4O2. The number of halogens is 4. The van der Waals surface area contributed by atoms with Crippen LogP contribution in [0.15, 0.2) is 72.5 Å². The van der Waals surface area contributed by atoms with Crippen LogP contribution in [-0.4, -0.2) is 10.2 Å². The molecule has 0 saturated heterocycles. The van der Waals surface area contributed by atoms with E-state index in [4.69, 9.17) is 0 Å². The summed E-state index contributed by atoms with van der Waals surface area (Å²) in [6.45, 7) is 0. The molecule has 0 bridgehead atoms. The minimum Gasteiger partial charge on any atom is -0.506 e. The quantitative estimate of drug-likeness (QED) is 0.313. The summed E-state index contributed by atoms with van der Waals surface area (Å²) in [6.07, 6.45) is 0. The number of hydrogen-bond donors (Lipinski definition) is 2. The predicted molar refractivity (Wildman–Crippen MR) is 114 cm³/mol. The number of rotatable bonds is 3. The van der Waals surface area contributed by atoms with Gasteiger partial charge in [-0.2, -0.15) is 0 Å². The van der Waals surface area contributed by atoms with Crippen molar-refractivity contribution in [3.05, 3.63) is 89.2 Å². The Morgan fingerprint density at radius 1 is 0.560 bits per heavy atom. The van der Waals surface area contributed by atoms with Gasteiger partial charge in [-0.05, 0) is 105 Å². The second-order valence-electron chi connectivity index (χ2n) is 5.51. The number of phenolic OH excluding ortho intramolecular Hbond substituents is 2. The van der Waals surface area contributed by atoms with Crippen molar-refractivity contribution in [1.29, 1.82) is 0 Å². The maximum absolute atomic E-state index is 10.0. The third-order valence-corrected chi connectivity index (χ3v) is 6.30. The topological polar surface area (TPSA) is 40.5 Å². The zero-order valence-corrected chi connectivity index (χ0v) is 19.0. The highest BCUT2D eigenvalue weighted by Gasteiger charge is 2.21. The first-order valence-corrected chi connectivity index (χ1v) is 10.5. The van der Waals surface area contributed by atoms with E-state index in [2.05, 4.69) is 75.9 Å². The summed E-state index contributed by atoms with van der Waals surface area (Å²) < 4.78 is 2.48. The van der Waals surface area contributed by atoms with Crippen LogP contribution in [0.3, 0.4) is 0 Å². The average Bonchev–Trinajstić information content (AvgIpc) is 2.58. The summed E-state index contributed by atoms with van der Waals surface area (Å²) in [6, 6.07) is 17.7. The van der Waals surface area contributed by atoms with Crippen LogP contribution in [0.4, 0.5) is 0 Å². The molecule has 0 fully saturated rings. The van der Waals surface area contributed by atoms with E-state index < -0.39 is 0 Å². The van der Waals surface area contributed by atoms with Crippen molar-refractivity contribution in [3.63, 3.8) is 0 Å². The van der Waals surface area contributed by atoms with Gasteiger partial charge in [-0.15, -0.1) is 0 Å². The highest BCUT2D eigenvalue weighted by atomic mass is 79.9. The molecular weight excluding hydrogens is 580 g/mol. The fourth-order valence-corrected chi connectivity index (χ4v) is 5.17. The van der Waals surface area contributed by atoms with Crippen LogP contribution in [0.1, 0.15) is 22.6 Å². The molecule has 2 N–H and O–H groups in total. The third-order valence-electron chi connectivity index (χ3n) is 3.88. The molecule has 0 saturated carbocycles. The Balaban J connectivity index is 2.25. The second-order valence-corrected chi connectivity index (χ2v) is 8.93. The Labute approximate surface area is 179 Å². The maximum Gasteiger partial charge on any atom is 0.143 e. The molecule has 0 amide bonds. The van der Waals surface area contributed by atoms with Gasteiger partial charge in [0.1, 0.15) is 11.5 Å². The van der Waals surface area contributed by atoms with Gasteiger partial charge in [-0.1, -0.05) is 30.3 Å². The summed E-state index contributed by atoms with van der Waals surface area (Å²) in [5, 5.41) is 20.1. The SMILES string of the molecule is Oc1c(Br)cc(C(c2ccccc2)c2cc(Br)c(O)c(Br)c2)cc1Br. The lowest BCUT2D eigenvalue weighted by Gasteiger charge is -2.21. The first-order chi connectivity index (χ1) is 11.9. The number of aromatic hydroxyl groups is 2. The molecule has 0 aromatic heterocycles. The minimum atomic E-state index is -0.0670. The zero-order valence-electron chi connectivity index (χ0n) is 12.7. The molecule has 2 nitrogen and oxygen atoms in total. The summed E-state index contributed by atoms with van der Waals surface area (Å²) in [4.78, 5) is 0. The predicted octanol–water partition coefficient (Wildman–Crippen LogP) is 7.33. The smallest absolute Gasteiger partial charge is 0.143 e. The van der Waals surface area contributed by atoms with Crippen molar-refractivity contribution in [1.82, 2.24) is 0 Å². The lowest BCUT2D eigenvalue weighted by Crippen LogP contribution is -2.04. The van der Waals surface area contributed by atoms with Crippen LogP contribution in [0.5, 0.6) is 11.5 Å². The molecule has 3 aromatic carbocycles. The van der Waals surface area contributed by atoms with Crippen molar-refractivity contribution in [2.24, 2.45) is 0 Å². The third kappa shape index (κ3) is 3.97. The monoisotopic (exact) mass is 588 g/mol. The van der Waals surface area contributed by atoms with E-state index in [1.54, 1.807) is 0 Å². The van der Waals surface area contributed by atoms with Crippen LogP contribution < -0.4 is 0 Å². The lowest BCUT2D eigenvalue weighted by molar-refractivity contribution is 0.468. The van der Waals surface area contributed by atoms with Crippen molar-refractivity contribution < 1.29 is 10.2 Å². The van der Waals surface area contributed by atoms with Crippen LogP contribution in [0, 0.1) is 0 Å². The van der Waals surface area contributed by atoms with Gasteiger partial charge in [0.2, 0.25) is 0 Å². The minimum absolute atomic E-state index is 0.0670. The van der Waals surface area contributed by atoms with E-state index in [1.165, 1.54) is 0 Å². The van der Waals surface area contributed by atoms with Crippen molar-refractivity contribution >= 4 is 63.7 Å². The van der Waals surface area contributed by atoms with Gasteiger partial charge < -0.3 is 10.2 Å². The van der Waals surface area contributed by atoms with E-state index in [0.29, 0.717) is 17.9 Å². The molecule has 0 atom stereocenters. The normalized spacial score (nSPS) is 11.1. The van der Waals surface area contributed by atoms with Crippen molar-refractivity contribution in [2.45, 2.75) is 5.92 Å². The Kier molecular flexibility index (Phi) is 5.93. The van der Waals surface area contributed by atoms with E-state index >= 15 is 0 Å². The molecule has 128 valence electrons. The Morgan fingerprint density at radius 2 is 0.920 bits per heavy atom. The standard InChI is InChI=1S/C19H12Br4O2/c20-13-6-11(7-14(21)18(13)24)17(10-4-2-1-3-5-10)12-8-15(22)19(25)16(23)9-12/h1-9,17,24-25H. The molecule has 6 heteroatoms. The Bertz CT molecular complexity index is 822. The summed E-state index contributed by atoms with van der Waals surface area (Å²) in [7, 11) is 0. The molecule has 0 radical (unpaired) electrons. The van der Waals surface area contributed by atoms with E-state index in [1.807, 2.05) is 42.5 Å². The van der Waals surface area contributed by atoms with E-state index in [0.717, 1.165) is 16.7 Å². The summed E-state index contributed by atoms with van der Waals surface area (Å²) >= 11 is 13.6. The fourth-order valence-electron chi connectivity index (χ4n) is 2.73. The van der Waals surface area contributed by atoms with Crippen LogP contribution in [0.25, 0.3) is 0 Å². The van der Waals surface area contributed by atoms with Gasteiger partial charge in [-0.25, -0.2) is 0 Å². The number of benzene rings is 3. The van der Waals surface area contributed by atoms with Crippen LogP contribution in [-0.2, 0) is 0 Å². The first-order valence-electron chi connectivity index (χ1n) is 7.29. The fraction of sp³-hybridized carbons (Fsp3) is 0.0526. The van der Waals surface area contributed by atoms with Crippen molar-refractivity contribution in [2.75, 3.05) is 0 Å². The number of phenols is 2. The maximum atomic E-state index is 10.0. The van der Waals surface area contributed by atoms with Crippen LogP contribution >= 0.6 is 63.7 Å². The van der Waals surface area contributed by atoms with Gasteiger partial charge in [0.05, 0.1) is 17.9 Å². The van der Waals surface area contributed by atoms with Crippen LogP contribution in [0.2, 0.25) is 0 Å². The number of hydrogen-bond acceptors (Lipinski definition) is 2. The summed E-state index contributed by atoms with van der Waals surface area (Å²) in [5.74, 6) is 0.273. The highest BCUT2D eigenvalue weighted by Crippen LogP contribution is 2.43. The second kappa shape index (κ2) is 7.82. The molecule has 25 heavy (non-hydrogen) atoms. The molecule has 0 spiro atoms. The van der Waals surface area contributed by atoms with E-state index in [-0.39, 0.29) is 17.4 Å². The molecule has 3 rings (SSSR count). The van der Waals surface area contributed by atoms with Crippen molar-refractivity contribution in [3.8, 4) is 11.5 Å². The molecule has 0 heterocycles. The molecule has 0 aliphatic heterocycles. The largest absolute Gasteiger partial charge is 0.506 e. The summed E-state index contributed by atoms with van der Waals surface area (Å²) in [5.41, 5.74) is 3.12. The van der Waals surface area contributed by atoms with Gasteiger partial charge in [-0.3, -0.25) is 0 Å². The van der Waals surface area contributed by atoms with Gasteiger partial charge >= 0.3 is 0 Å². The van der Waals surface area contributed by atoms with Gasteiger partial charge in [0, 0.05) is 5.92 Å². The van der Waals surface area contributed by atoms with E-state index in [9.17, 15) is 10.2 Å². The zero-order chi connectivity index (χ0) is 18.1. The molecule has 3 aromatic rings. The van der Waals surface area contributed by atoms with Gasteiger partial charge in [0.15, 0.2) is 0 Å². The average molecular weight is 592 g/mol. The lowest BCUT2D eigenvalue weighted by atomic mass is 9.85. The Morgan fingerprint density at radius 3 is 1.28 bits per heavy atom. The molecule has 0 aliphatic rings. The first kappa shape index (κ1) is 19.0. The van der Waals surface area contributed by atoms with Gasteiger partial charge in [0.25, 0.3) is 0 Å². The highest BCUT2D eigenvalue weighted by molar-refractivity contribution is 9.11.